The van der Waals surface area contributed by atoms with Crippen molar-refractivity contribution in [1.29, 1.82) is 0 Å². The van der Waals surface area contributed by atoms with Gasteiger partial charge in [-0.15, -0.1) is 11.3 Å². The van der Waals surface area contributed by atoms with Gasteiger partial charge in [0.1, 0.15) is 0 Å². The van der Waals surface area contributed by atoms with Crippen LogP contribution in [-0.4, -0.2) is 11.5 Å². The second-order valence-electron chi connectivity index (χ2n) is 3.35. The monoisotopic (exact) mass is 222 g/mol. The van der Waals surface area contributed by atoms with Crippen LogP contribution >= 0.6 is 11.3 Å². The van der Waals surface area contributed by atoms with Crippen molar-refractivity contribution in [1.82, 2.24) is 10.3 Å². The molecule has 0 bridgehead atoms. The highest BCUT2D eigenvalue weighted by Gasteiger charge is 2.12. The number of hydrogen-bond acceptors (Lipinski definition) is 4. The molecule has 1 unspecified atom stereocenters. The Labute approximate surface area is 93.2 Å². The molecule has 0 aliphatic carbocycles. The molecule has 1 atom stereocenters. The summed E-state index contributed by atoms with van der Waals surface area (Å²) in [5.41, 5.74) is 3.09. The first-order valence-electron chi connectivity index (χ1n) is 5.03. The van der Waals surface area contributed by atoms with E-state index >= 15 is 0 Å². The largest absolute Gasteiger partial charge is 0.472 e. The standard InChI is InChI=1S/C11H14N2OS/c1-2-13-10(11-6-12-8-15-11)5-9-3-4-14-7-9/h3-4,6-8,10,13H,2,5H2,1H3. The topological polar surface area (TPSA) is 38.1 Å². The zero-order chi connectivity index (χ0) is 10.5. The van der Waals surface area contributed by atoms with Crippen molar-refractivity contribution in [2.75, 3.05) is 6.54 Å². The summed E-state index contributed by atoms with van der Waals surface area (Å²) in [6.45, 7) is 3.07. The lowest BCUT2D eigenvalue weighted by molar-refractivity contribution is 0.539. The van der Waals surface area contributed by atoms with Crippen molar-refractivity contribution in [3.8, 4) is 0 Å². The molecule has 0 amide bonds. The van der Waals surface area contributed by atoms with Crippen molar-refractivity contribution < 1.29 is 4.42 Å². The second kappa shape index (κ2) is 5.09. The van der Waals surface area contributed by atoms with Crippen LogP contribution in [0.5, 0.6) is 0 Å². The van der Waals surface area contributed by atoms with Gasteiger partial charge in [-0.3, -0.25) is 4.98 Å². The Hall–Kier alpha value is -1.13. The lowest BCUT2D eigenvalue weighted by Crippen LogP contribution is -2.21. The minimum atomic E-state index is 0.347. The van der Waals surface area contributed by atoms with E-state index in [1.165, 1.54) is 10.4 Å². The van der Waals surface area contributed by atoms with Gasteiger partial charge in [0.15, 0.2) is 0 Å². The lowest BCUT2D eigenvalue weighted by atomic mass is 10.1. The van der Waals surface area contributed by atoms with Crippen LogP contribution in [0.1, 0.15) is 23.4 Å². The second-order valence-corrected chi connectivity index (χ2v) is 4.27. The van der Waals surface area contributed by atoms with Gasteiger partial charge in [0, 0.05) is 17.1 Å². The minimum Gasteiger partial charge on any atom is -0.472 e. The Morgan fingerprint density at radius 3 is 3.13 bits per heavy atom. The molecule has 2 heterocycles. The third kappa shape index (κ3) is 2.67. The molecule has 0 aliphatic rings. The van der Waals surface area contributed by atoms with Gasteiger partial charge in [-0.25, -0.2) is 0 Å². The Kier molecular flexibility index (Phi) is 3.53. The fraction of sp³-hybridized carbons (Fsp3) is 0.364. The van der Waals surface area contributed by atoms with E-state index in [9.17, 15) is 0 Å². The van der Waals surface area contributed by atoms with Crippen molar-refractivity contribution in [3.05, 3.63) is 40.7 Å². The molecule has 2 rings (SSSR count). The van der Waals surface area contributed by atoms with Gasteiger partial charge in [0.05, 0.1) is 18.0 Å². The molecule has 0 aromatic carbocycles. The van der Waals surface area contributed by atoms with Gasteiger partial charge >= 0.3 is 0 Å². The van der Waals surface area contributed by atoms with Gasteiger partial charge < -0.3 is 9.73 Å². The molecular weight excluding hydrogens is 208 g/mol. The van der Waals surface area contributed by atoms with E-state index in [0.29, 0.717) is 6.04 Å². The maximum atomic E-state index is 5.07. The molecule has 0 aliphatic heterocycles. The number of rotatable bonds is 5. The van der Waals surface area contributed by atoms with Crippen LogP contribution in [0.3, 0.4) is 0 Å². The van der Waals surface area contributed by atoms with Crippen LogP contribution in [0.2, 0.25) is 0 Å². The quantitative estimate of drug-likeness (QED) is 0.845. The molecule has 0 spiro atoms. The highest BCUT2D eigenvalue weighted by Crippen LogP contribution is 2.21. The first-order valence-corrected chi connectivity index (χ1v) is 5.91. The Bertz CT molecular complexity index is 369. The molecular formula is C11H14N2OS. The number of furan rings is 1. The summed E-state index contributed by atoms with van der Waals surface area (Å²) in [5.74, 6) is 0. The molecule has 4 heteroatoms. The minimum absolute atomic E-state index is 0.347. The summed E-state index contributed by atoms with van der Waals surface area (Å²) >= 11 is 1.69. The highest BCUT2D eigenvalue weighted by molar-refractivity contribution is 7.09. The van der Waals surface area contributed by atoms with Crippen molar-refractivity contribution in [2.45, 2.75) is 19.4 Å². The summed E-state index contributed by atoms with van der Waals surface area (Å²) in [7, 11) is 0. The number of nitrogens with one attached hydrogen (secondary N) is 1. The van der Waals surface area contributed by atoms with Crippen molar-refractivity contribution >= 4 is 11.3 Å². The number of hydrogen-bond donors (Lipinski definition) is 1. The third-order valence-electron chi connectivity index (χ3n) is 2.27. The number of likely N-dealkylation sites (N-methyl/N-ethyl adjacent to an activating group) is 1. The smallest absolute Gasteiger partial charge is 0.0935 e. The van der Waals surface area contributed by atoms with Crippen LogP contribution in [-0.2, 0) is 6.42 Å². The molecule has 0 radical (unpaired) electrons. The number of thiazole rings is 1. The predicted molar refractivity (Wildman–Crippen MR) is 60.9 cm³/mol. The fourth-order valence-electron chi connectivity index (χ4n) is 1.56. The molecule has 15 heavy (non-hydrogen) atoms. The maximum Gasteiger partial charge on any atom is 0.0935 e. The maximum absolute atomic E-state index is 5.07. The fourth-order valence-corrected chi connectivity index (χ4v) is 2.26. The zero-order valence-corrected chi connectivity index (χ0v) is 9.46. The molecule has 80 valence electrons. The number of nitrogens with zero attached hydrogens (tertiary/aromatic N) is 1. The SMILES string of the molecule is CCNC(Cc1ccoc1)c1cncs1. The average Bonchev–Trinajstić information content (AvgIpc) is 2.89. The molecule has 1 N–H and O–H groups in total. The van der Waals surface area contributed by atoms with E-state index in [1.54, 1.807) is 23.9 Å². The van der Waals surface area contributed by atoms with Gasteiger partial charge in [-0.05, 0) is 24.6 Å². The van der Waals surface area contributed by atoms with Crippen LogP contribution in [0.15, 0.2) is 34.7 Å². The van der Waals surface area contributed by atoms with Crippen LogP contribution in [0.25, 0.3) is 0 Å². The normalized spacial score (nSPS) is 12.9. The van der Waals surface area contributed by atoms with Gasteiger partial charge in [0.2, 0.25) is 0 Å². The van der Waals surface area contributed by atoms with Crippen molar-refractivity contribution in [3.63, 3.8) is 0 Å². The molecule has 2 aromatic rings. The van der Waals surface area contributed by atoms with Gasteiger partial charge in [0.25, 0.3) is 0 Å². The van der Waals surface area contributed by atoms with Crippen LogP contribution in [0, 0.1) is 0 Å². The highest BCUT2D eigenvalue weighted by atomic mass is 32.1. The van der Waals surface area contributed by atoms with E-state index in [0.717, 1.165) is 13.0 Å². The van der Waals surface area contributed by atoms with Gasteiger partial charge in [-0.1, -0.05) is 6.92 Å². The molecule has 0 saturated carbocycles. The van der Waals surface area contributed by atoms with Crippen molar-refractivity contribution in [2.24, 2.45) is 0 Å². The number of aromatic nitrogens is 1. The summed E-state index contributed by atoms with van der Waals surface area (Å²) < 4.78 is 5.07. The Balaban J connectivity index is 2.07. The molecule has 3 nitrogen and oxygen atoms in total. The zero-order valence-electron chi connectivity index (χ0n) is 8.64. The van der Waals surface area contributed by atoms with E-state index in [-0.39, 0.29) is 0 Å². The van der Waals surface area contributed by atoms with E-state index in [4.69, 9.17) is 4.42 Å². The Morgan fingerprint density at radius 1 is 1.60 bits per heavy atom. The lowest BCUT2D eigenvalue weighted by Gasteiger charge is -2.14. The van der Waals surface area contributed by atoms with Crippen LogP contribution in [0.4, 0.5) is 0 Å². The van der Waals surface area contributed by atoms with E-state index < -0.39 is 0 Å². The summed E-state index contributed by atoms with van der Waals surface area (Å²) in [6.07, 6.45) is 6.39. The van der Waals surface area contributed by atoms with E-state index in [2.05, 4.69) is 17.2 Å². The average molecular weight is 222 g/mol. The summed E-state index contributed by atoms with van der Waals surface area (Å²) in [6, 6.07) is 2.35. The summed E-state index contributed by atoms with van der Waals surface area (Å²) in [5, 5.41) is 3.45. The predicted octanol–water partition coefficient (Wildman–Crippen LogP) is 2.63. The first-order chi connectivity index (χ1) is 7.40. The summed E-state index contributed by atoms with van der Waals surface area (Å²) in [4.78, 5) is 5.39. The Morgan fingerprint density at radius 2 is 2.53 bits per heavy atom. The van der Waals surface area contributed by atoms with Gasteiger partial charge in [-0.2, -0.15) is 0 Å². The molecule has 2 aromatic heterocycles. The third-order valence-corrected chi connectivity index (χ3v) is 3.15. The molecule has 0 fully saturated rings. The molecule has 0 saturated heterocycles. The van der Waals surface area contributed by atoms with E-state index in [1.807, 2.05) is 17.8 Å². The van der Waals surface area contributed by atoms with Crippen LogP contribution < -0.4 is 5.32 Å². The first kappa shape index (κ1) is 10.4.